The van der Waals surface area contributed by atoms with Crippen LogP contribution < -0.4 is 4.74 Å². The van der Waals surface area contributed by atoms with Gasteiger partial charge in [0.25, 0.3) is 5.97 Å². The second-order valence-electron chi connectivity index (χ2n) is 14.0. The number of esters is 1. The maximum atomic E-state index is 13.9. The van der Waals surface area contributed by atoms with Crippen LogP contribution in [0, 0.1) is 17.8 Å². The van der Waals surface area contributed by atoms with E-state index in [1.165, 1.54) is 26.4 Å². The highest BCUT2D eigenvalue weighted by molar-refractivity contribution is 6.04. The molecule has 2 aromatic rings. The van der Waals surface area contributed by atoms with Crippen LogP contribution in [-0.2, 0) is 39.7 Å². The molecule has 2 aliphatic heterocycles. The topological polar surface area (TPSA) is 130 Å². The van der Waals surface area contributed by atoms with Gasteiger partial charge >= 0.3 is 5.97 Å². The number of ketones is 1. The van der Waals surface area contributed by atoms with Crippen molar-refractivity contribution in [1.82, 2.24) is 0 Å². The van der Waals surface area contributed by atoms with Crippen molar-refractivity contribution in [3.8, 4) is 11.5 Å². The molecule has 1 saturated carbocycles. The molecule has 3 bridgehead atoms. The quantitative estimate of drug-likeness (QED) is 0.284. The lowest BCUT2D eigenvalue weighted by atomic mass is 9.55. The smallest absolute Gasteiger partial charge is 0.340 e. The predicted molar refractivity (Wildman–Crippen MR) is 173 cm³/mol. The number of methoxy groups -OCH3 is 2. The highest BCUT2D eigenvalue weighted by atomic mass is 16.9. The number of ether oxygens (including phenoxy) is 6. The normalized spacial score (nSPS) is 36.8. The highest BCUT2D eigenvalue weighted by Gasteiger charge is 2.79. The van der Waals surface area contributed by atoms with Gasteiger partial charge < -0.3 is 38.6 Å². The summed E-state index contributed by atoms with van der Waals surface area (Å²) in [6.45, 7) is 9.87. The fourth-order valence-electron chi connectivity index (χ4n) is 8.95. The maximum absolute atomic E-state index is 13.9. The number of aromatic hydroxyl groups is 1. The Morgan fingerprint density at radius 3 is 2.56 bits per heavy atom. The number of benzene rings is 2. The van der Waals surface area contributed by atoms with Crippen LogP contribution in [0.5, 0.6) is 11.5 Å². The SMILES string of the molecule is C=C(C)[C@]12C[C@@H](C)[C@@]34O[C@](Cc5ccccc5)(O[C@@H]1[C@@H]3C=C(COC(=O)C(OC)c1ccc(O)c(OC)c1)C[C@]1(O)C(=O)C(C)=C[C@@H]41)O2. The predicted octanol–water partition coefficient (Wildman–Crippen LogP) is 4.89. The monoisotopic (exact) mass is 658 g/mol. The minimum Gasteiger partial charge on any atom is -0.504 e. The lowest BCUT2D eigenvalue weighted by Crippen LogP contribution is -2.70. The van der Waals surface area contributed by atoms with Crippen LogP contribution in [0.2, 0.25) is 0 Å². The number of fused-ring (bicyclic) bond motifs is 2. The van der Waals surface area contributed by atoms with E-state index in [1.54, 1.807) is 13.0 Å². The van der Waals surface area contributed by atoms with E-state index < -0.39 is 52.8 Å². The summed E-state index contributed by atoms with van der Waals surface area (Å²) in [4.78, 5) is 27.3. The van der Waals surface area contributed by atoms with Gasteiger partial charge in [-0.3, -0.25) is 4.79 Å². The average molecular weight is 659 g/mol. The summed E-state index contributed by atoms with van der Waals surface area (Å²) < 4.78 is 37.4. The third-order valence-corrected chi connectivity index (χ3v) is 11.1. The minimum atomic E-state index is -1.84. The van der Waals surface area contributed by atoms with Crippen LogP contribution >= 0.6 is 0 Å². The van der Waals surface area contributed by atoms with Gasteiger partial charge in [0, 0.05) is 25.4 Å². The van der Waals surface area contributed by atoms with Crippen molar-refractivity contribution < 1.29 is 48.2 Å². The van der Waals surface area contributed by atoms with Gasteiger partial charge in [0.1, 0.15) is 23.9 Å². The molecule has 48 heavy (non-hydrogen) atoms. The van der Waals surface area contributed by atoms with Gasteiger partial charge in [0.15, 0.2) is 23.4 Å². The van der Waals surface area contributed by atoms with E-state index in [4.69, 9.17) is 28.4 Å². The van der Waals surface area contributed by atoms with Crippen molar-refractivity contribution >= 4 is 11.8 Å². The molecule has 254 valence electrons. The first-order chi connectivity index (χ1) is 22.8. The molecule has 3 aliphatic carbocycles. The van der Waals surface area contributed by atoms with E-state index in [9.17, 15) is 19.8 Å². The van der Waals surface area contributed by atoms with Crippen LogP contribution in [-0.4, -0.2) is 71.7 Å². The van der Waals surface area contributed by atoms with Crippen LogP contribution in [0.25, 0.3) is 0 Å². The zero-order chi connectivity index (χ0) is 34.2. The lowest BCUT2D eigenvalue weighted by molar-refractivity contribution is -0.421. The molecule has 2 saturated heterocycles. The molecule has 1 unspecified atom stereocenters. The summed E-state index contributed by atoms with van der Waals surface area (Å²) in [5.74, 6) is -3.81. The fourth-order valence-corrected chi connectivity index (χ4v) is 8.95. The first kappa shape index (κ1) is 32.7. The molecule has 5 aliphatic rings. The molecule has 2 heterocycles. The second kappa shape index (κ2) is 11.4. The number of hydrogen-bond donors (Lipinski definition) is 2. The van der Waals surface area contributed by atoms with Crippen molar-refractivity contribution in [3.63, 3.8) is 0 Å². The number of rotatable bonds is 9. The Balaban J connectivity index is 1.28. The molecule has 0 spiro atoms. The Hall–Kier alpha value is -3.80. The molecule has 0 aromatic heterocycles. The van der Waals surface area contributed by atoms with Crippen LogP contribution in [0.15, 0.2) is 84.0 Å². The number of aliphatic hydroxyl groups is 1. The lowest BCUT2D eigenvalue weighted by Gasteiger charge is -2.59. The first-order valence-electron chi connectivity index (χ1n) is 16.3. The van der Waals surface area contributed by atoms with E-state index in [1.807, 2.05) is 49.4 Å². The van der Waals surface area contributed by atoms with Gasteiger partial charge in [-0.05, 0) is 66.2 Å². The van der Waals surface area contributed by atoms with Gasteiger partial charge in [-0.1, -0.05) is 62.1 Å². The Bertz CT molecular complexity index is 1730. The van der Waals surface area contributed by atoms with Gasteiger partial charge in [0.05, 0.1) is 19.1 Å². The van der Waals surface area contributed by atoms with Gasteiger partial charge in [0.2, 0.25) is 0 Å². The van der Waals surface area contributed by atoms with Gasteiger partial charge in [-0.25, -0.2) is 4.79 Å². The van der Waals surface area contributed by atoms with Gasteiger partial charge in [-0.2, -0.15) is 0 Å². The first-order valence-corrected chi connectivity index (χ1v) is 16.3. The van der Waals surface area contributed by atoms with E-state index in [2.05, 4.69) is 13.5 Å². The molecule has 10 heteroatoms. The van der Waals surface area contributed by atoms with Crippen LogP contribution in [0.1, 0.15) is 50.8 Å². The Kier molecular flexibility index (Phi) is 7.76. The molecule has 10 nitrogen and oxygen atoms in total. The Morgan fingerprint density at radius 1 is 1.12 bits per heavy atom. The van der Waals surface area contributed by atoms with E-state index >= 15 is 0 Å². The third-order valence-electron chi connectivity index (χ3n) is 11.1. The number of phenols is 1. The van der Waals surface area contributed by atoms with E-state index in [0.29, 0.717) is 29.6 Å². The van der Waals surface area contributed by atoms with Crippen LogP contribution in [0.4, 0.5) is 0 Å². The average Bonchev–Trinajstić information content (AvgIpc) is 3.36. The summed E-state index contributed by atoms with van der Waals surface area (Å²) in [5.41, 5.74) is -0.622. The summed E-state index contributed by atoms with van der Waals surface area (Å²) >= 11 is 0. The number of carbonyl (C=O) groups excluding carboxylic acids is 2. The van der Waals surface area contributed by atoms with Crippen molar-refractivity contribution in [2.75, 3.05) is 20.8 Å². The number of hydrogen-bond acceptors (Lipinski definition) is 10. The van der Waals surface area contributed by atoms with E-state index in [0.717, 1.165) is 11.1 Å². The van der Waals surface area contributed by atoms with Crippen molar-refractivity contribution in [2.45, 2.75) is 75.0 Å². The highest BCUT2D eigenvalue weighted by Crippen LogP contribution is 2.68. The van der Waals surface area contributed by atoms with Crippen molar-refractivity contribution in [2.24, 2.45) is 17.8 Å². The fraction of sp³-hybridized carbons (Fsp3) is 0.474. The van der Waals surface area contributed by atoms with Crippen molar-refractivity contribution in [3.05, 3.63) is 95.1 Å². The molecule has 0 radical (unpaired) electrons. The zero-order valence-corrected chi connectivity index (χ0v) is 27.9. The number of carbonyl (C=O) groups is 2. The Labute approximate surface area is 279 Å². The summed E-state index contributed by atoms with van der Waals surface area (Å²) in [5, 5.41) is 22.5. The number of Topliss-reactive ketones (excluding diaryl/α,β-unsaturated/α-hetero) is 1. The maximum Gasteiger partial charge on any atom is 0.340 e. The molecule has 2 N–H and O–H groups in total. The molecule has 9 atom stereocenters. The largest absolute Gasteiger partial charge is 0.504 e. The van der Waals surface area contributed by atoms with E-state index in [-0.39, 0.29) is 36.2 Å². The van der Waals surface area contributed by atoms with Gasteiger partial charge in [-0.15, -0.1) is 0 Å². The molecule has 2 aromatic carbocycles. The molecule has 7 rings (SSSR count). The molecular weight excluding hydrogens is 616 g/mol. The summed E-state index contributed by atoms with van der Waals surface area (Å²) in [6.07, 6.45) is 2.92. The zero-order valence-electron chi connectivity index (χ0n) is 27.9. The summed E-state index contributed by atoms with van der Waals surface area (Å²) in [7, 11) is 2.79. The standard InChI is InChI=1S/C38H42O10/c1-21(2)36-17-23(4)38-27(33(36)46-37(47-36,48-38)19-24-10-8-7-9-11-24)15-25(18-35(42)30(38)14-22(3)32(35)40)20-45-34(41)31(44-6)26-12-13-28(39)29(16-26)43-5/h7-16,23,27,30-31,33,39,42H,1,17-20H2,2-6H3/t23-,27+,30-,31?,33-,35-,36-,37-,38-/m1/s1. The molecule has 3 fully saturated rings. The third kappa shape index (κ3) is 4.64. The van der Waals surface area contributed by atoms with Crippen LogP contribution in [0.3, 0.4) is 0 Å². The second-order valence-corrected chi connectivity index (χ2v) is 14.0. The summed E-state index contributed by atoms with van der Waals surface area (Å²) in [6, 6.07) is 14.3. The molecular formula is C38H42O10. The number of phenolic OH excluding ortho intramolecular Hbond substituents is 1. The van der Waals surface area contributed by atoms with Crippen molar-refractivity contribution in [1.29, 1.82) is 0 Å². The molecule has 0 amide bonds. The minimum absolute atomic E-state index is 0.0596. The Morgan fingerprint density at radius 2 is 1.88 bits per heavy atom.